The molecule has 2 aliphatic rings. The number of hydrogen-bond donors (Lipinski definition) is 0. The van der Waals surface area contributed by atoms with Crippen molar-refractivity contribution in [3.8, 4) is 0 Å². The maximum atomic E-state index is 13.4. The van der Waals surface area contributed by atoms with Crippen LogP contribution in [0.1, 0.15) is 46.5 Å². The maximum absolute atomic E-state index is 13.4. The fourth-order valence-electron chi connectivity index (χ4n) is 3.82. The van der Waals surface area contributed by atoms with Crippen LogP contribution in [0.3, 0.4) is 0 Å². The molecule has 3 atom stereocenters. The highest BCUT2D eigenvalue weighted by Gasteiger charge is 2.81. The first-order chi connectivity index (χ1) is 9.95. The minimum Gasteiger partial charge on any atom is -0.372 e. The van der Waals surface area contributed by atoms with E-state index < -0.39 is 23.7 Å². The van der Waals surface area contributed by atoms with Gasteiger partial charge in [-0.3, -0.25) is 9.36 Å². The van der Waals surface area contributed by atoms with Crippen molar-refractivity contribution in [2.75, 3.05) is 19.8 Å². The van der Waals surface area contributed by atoms with Crippen molar-refractivity contribution in [1.82, 2.24) is 0 Å². The summed E-state index contributed by atoms with van der Waals surface area (Å²) in [4.78, 5) is 12.6. The lowest BCUT2D eigenvalue weighted by Gasteiger charge is -2.62. The van der Waals surface area contributed by atoms with Gasteiger partial charge >= 0.3 is 7.60 Å². The summed E-state index contributed by atoms with van der Waals surface area (Å²) in [6.07, 6.45) is 2.77. The topological polar surface area (TPSA) is 61.8 Å². The van der Waals surface area contributed by atoms with E-state index in [1.54, 1.807) is 13.8 Å². The van der Waals surface area contributed by atoms with Gasteiger partial charge in [0, 0.05) is 6.61 Å². The highest BCUT2D eigenvalue weighted by Crippen LogP contribution is 2.75. The second kappa shape index (κ2) is 6.29. The van der Waals surface area contributed by atoms with E-state index in [2.05, 4.69) is 0 Å². The molecule has 0 saturated heterocycles. The van der Waals surface area contributed by atoms with E-state index in [-0.39, 0.29) is 19.0 Å². The quantitative estimate of drug-likeness (QED) is 0.525. The molecule has 0 aromatic carbocycles. The molecule has 2 fully saturated rings. The van der Waals surface area contributed by atoms with Crippen molar-refractivity contribution in [1.29, 1.82) is 0 Å². The molecule has 0 aromatic rings. The number of rotatable bonds is 7. The largest absolute Gasteiger partial charge is 0.372 e. The molecule has 5 nitrogen and oxygen atoms in total. The van der Waals surface area contributed by atoms with Gasteiger partial charge in [0.15, 0.2) is 10.9 Å². The number of fused-ring (bicyclic) bond motifs is 1. The molecule has 0 aliphatic heterocycles. The lowest BCUT2D eigenvalue weighted by Crippen LogP contribution is -2.79. The minimum absolute atomic E-state index is 0.224. The Morgan fingerprint density at radius 3 is 2.24 bits per heavy atom. The molecule has 0 amide bonds. The predicted molar refractivity (Wildman–Crippen MR) is 81.1 cm³/mol. The van der Waals surface area contributed by atoms with Crippen LogP contribution in [0.4, 0.5) is 0 Å². The lowest BCUT2D eigenvalue weighted by molar-refractivity contribution is -0.173. The molecule has 0 spiro atoms. The van der Waals surface area contributed by atoms with Gasteiger partial charge in [-0.05, 0) is 33.6 Å². The molecular weight excluding hydrogens is 315 g/mol. The van der Waals surface area contributed by atoms with Gasteiger partial charge in [-0.2, -0.15) is 0 Å². The standard InChI is InChI=1S/C14H24ClO5P/c1-4-18-13-9-7-8-10-14(13,12(16)11(13)15)21(17,19-5-2)20-6-3/h11H,4-10H2,1-3H3. The van der Waals surface area contributed by atoms with Crippen LogP contribution in [0.5, 0.6) is 0 Å². The first kappa shape index (κ1) is 17.4. The van der Waals surface area contributed by atoms with Crippen LogP contribution in [-0.2, 0) is 23.1 Å². The van der Waals surface area contributed by atoms with Crippen molar-refractivity contribution < 1.29 is 23.1 Å². The normalized spacial score (nSPS) is 36.2. The van der Waals surface area contributed by atoms with E-state index in [0.29, 0.717) is 19.4 Å². The third-order valence-electron chi connectivity index (χ3n) is 4.55. The second-order valence-electron chi connectivity index (χ2n) is 5.45. The Bertz CT molecular complexity index is 443. The summed E-state index contributed by atoms with van der Waals surface area (Å²) in [6, 6.07) is 0. The van der Waals surface area contributed by atoms with Gasteiger partial charge in [0.2, 0.25) is 0 Å². The summed E-state index contributed by atoms with van der Waals surface area (Å²) in [5.41, 5.74) is -0.918. The molecule has 2 saturated carbocycles. The molecule has 7 heteroatoms. The zero-order valence-electron chi connectivity index (χ0n) is 12.9. The number of Topliss-reactive ketones (excluding diaryl/α,β-unsaturated/α-hetero) is 1. The highest BCUT2D eigenvalue weighted by atomic mass is 35.5. The third kappa shape index (κ3) is 2.16. The third-order valence-corrected chi connectivity index (χ3v) is 8.06. The van der Waals surface area contributed by atoms with E-state index in [0.717, 1.165) is 12.8 Å². The Hall–Kier alpha value is 0.0700. The van der Waals surface area contributed by atoms with Crippen LogP contribution >= 0.6 is 19.2 Å². The predicted octanol–water partition coefficient (Wildman–Crippen LogP) is 3.53. The number of carbonyl (C=O) groups excluding carboxylic acids is 1. The van der Waals surface area contributed by atoms with E-state index >= 15 is 0 Å². The van der Waals surface area contributed by atoms with Gasteiger partial charge in [0.05, 0.1) is 13.2 Å². The van der Waals surface area contributed by atoms with Crippen molar-refractivity contribution in [2.24, 2.45) is 0 Å². The molecule has 0 heterocycles. The van der Waals surface area contributed by atoms with Crippen molar-refractivity contribution in [2.45, 2.75) is 62.6 Å². The number of ether oxygens (including phenoxy) is 1. The second-order valence-corrected chi connectivity index (χ2v) is 8.16. The summed E-state index contributed by atoms with van der Waals surface area (Å²) in [5.74, 6) is -0.248. The summed E-state index contributed by atoms with van der Waals surface area (Å²) < 4.78 is 30.3. The van der Waals surface area contributed by atoms with Gasteiger partial charge in [-0.25, -0.2) is 0 Å². The van der Waals surface area contributed by atoms with Crippen LogP contribution in [0.15, 0.2) is 0 Å². The smallest absolute Gasteiger partial charge is 0.347 e. The molecule has 0 radical (unpaired) electrons. The number of halogens is 1. The summed E-state index contributed by atoms with van der Waals surface area (Å²) in [6.45, 7) is 6.20. The van der Waals surface area contributed by atoms with Crippen LogP contribution in [0.2, 0.25) is 0 Å². The number of carbonyl (C=O) groups is 1. The summed E-state index contributed by atoms with van der Waals surface area (Å²) >= 11 is 6.30. The fraction of sp³-hybridized carbons (Fsp3) is 0.929. The fourth-order valence-corrected chi connectivity index (χ4v) is 7.31. The first-order valence-electron chi connectivity index (χ1n) is 7.67. The maximum Gasteiger partial charge on any atom is 0.347 e. The number of hydrogen-bond acceptors (Lipinski definition) is 5. The van der Waals surface area contributed by atoms with Gasteiger partial charge in [0.25, 0.3) is 0 Å². The molecular formula is C14H24ClO5P. The van der Waals surface area contributed by atoms with Crippen molar-refractivity contribution in [3.63, 3.8) is 0 Å². The monoisotopic (exact) mass is 338 g/mol. The van der Waals surface area contributed by atoms with Gasteiger partial charge < -0.3 is 13.8 Å². The SMILES string of the molecule is CCOC12CCCCC1(P(=O)(OCC)OCC)C(=O)C2Cl. The Labute approximate surface area is 131 Å². The zero-order chi connectivity index (χ0) is 15.7. The van der Waals surface area contributed by atoms with E-state index in [1.165, 1.54) is 0 Å². The zero-order valence-corrected chi connectivity index (χ0v) is 14.5. The van der Waals surface area contributed by atoms with Crippen LogP contribution in [0.25, 0.3) is 0 Å². The molecule has 122 valence electrons. The molecule has 0 N–H and O–H groups in total. The Kier molecular flexibility index (Phi) is 5.22. The van der Waals surface area contributed by atoms with Crippen molar-refractivity contribution >= 4 is 25.0 Å². The Balaban J connectivity index is 2.52. The van der Waals surface area contributed by atoms with Crippen LogP contribution < -0.4 is 0 Å². The molecule has 0 aromatic heterocycles. The van der Waals surface area contributed by atoms with E-state index in [4.69, 9.17) is 25.4 Å². The molecule has 2 rings (SSSR count). The summed E-state index contributed by atoms with van der Waals surface area (Å²) in [7, 11) is -3.62. The van der Waals surface area contributed by atoms with E-state index in [9.17, 15) is 9.36 Å². The molecule has 3 unspecified atom stereocenters. The highest BCUT2D eigenvalue weighted by molar-refractivity contribution is 7.57. The van der Waals surface area contributed by atoms with Crippen LogP contribution in [0, 0.1) is 0 Å². The summed E-state index contributed by atoms with van der Waals surface area (Å²) in [5, 5.41) is -2.00. The van der Waals surface area contributed by atoms with Gasteiger partial charge in [-0.1, -0.05) is 12.8 Å². The van der Waals surface area contributed by atoms with Crippen LogP contribution in [-0.4, -0.2) is 41.7 Å². The Morgan fingerprint density at radius 1 is 1.14 bits per heavy atom. The number of ketones is 1. The van der Waals surface area contributed by atoms with Gasteiger partial charge in [0.1, 0.15) is 11.0 Å². The first-order valence-corrected chi connectivity index (χ1v) is 9.65. The van der Waals surface area contributed by atoms with Gasteiger partial charge in [-0.15, -0.1) is 11.6 Å². The minimum atomic E-state index is -3.62. The van der Waals surface area contributed by atoms with Crippen molar-refractivity contribution in [3.05, 3.63) is 0 Å². The molecule has 2 aliphatic carbocycles. The Morgan fingerprint density at radius 2 is 1.71 bits per heavy atom. The number of alkyl halides is 1. The lowest BCUT2D eigenvalue weighted by atomic mass is 9.59. The molecule has 0 bridgehead atoms. The molecule has 21 heavy (non-hydrogen) atoms. The van der Waals surface area contributed by atoms with E-state index in [1.807, 2.05) is 6.92 Å². The average Bonchev–Trinajstić information content (AvgIpc) is 2.47. The average molecular weight is 339 g/mol.